The SMILES string of the molecule is O=C1N=C(N2CCN(c3ccccc3)CC2)S/C1=C\c1ccc2c(c1)OCO2. The number of amidine groups is 1. The summed E-state index contributed by atoms with van der Waals surface area (Å²) >= 11 is 1.45. The summed E-state index contributed by atoms with van der Waals surface area (Å²) in [5.74, 6) is 1.27. The third-order valence-electron chi connectivity index (χ3n) is 4.98. The largest absolute Gasteiger partial charge is 0.454 e. The van der Waals surface area contributed by atoms with Gasteiger partial charge in [0.2, 0.25) is 6.79 Å². The molecule has 0 aromatic heterocycles. The monoisotopic (exact) mass is 393 g/mol. The second-order valence-corrected chi connectivity index (χ2v) is 7.74. The van der Waals surface area contributed by atoms with Crippen LogP contribution in [0.1, 0.15) is 5.56 Å². The van der Waals surface area contributed by atoms with Crippen molar-refractivity contribution in [2.75, 3.05) is 37.9 Å². The fourth-order valence-electron chi connectivity index (χ4n) is 3.48. The molecule has 1 fully saturated rings. The maximum atomic E-state index is 12.4. The summed E-state index contributed by atoms with van der Waals surface area (Å²) in [4.78, 5) is 21.9. The maximum Gasteiger partial charge on any atom is 0.286 e. The Morgan fingerprint density at radius 1 is 0.929 bits per heavy atom. The highest BCUT2D eigenvalue weighted by Crippen LogP contribution is 2.35. The van der Waals surface area contributed by atoms with Gasteiger partial charge in [-0.1, -0.05) is 24.3 Å². The molecule has 0 aliphatic carbocycles. The summed E-state index contributed by atoms with van der Waals surface area (Å²) in [5.41, 5.74) is 2.15. The number of carbonyl (C=O) groups excluding carboxylic acids is 1. The van der Waals surface area contributed by atoms with Gasteiger partial charge in [0.05, 0.1) is 4.91 Å². The van der Waals surface area contributed by atoms with Crippen LogP contribution >= 0.6 is 11.8 Å². The lowest BCUT2D eigenvalue weighted by molar-refractivity contribution is -0.113. The van der Waals surface area contributed by atoms with Crippen LogP contribution in [0.3, 0.4) is 0 Å². The Labute approximate surface area is 167 Å². The molecule has 0 saturated carbocycles. The normalized spacial score (nSPS) is 20.1. The van der Waals surface area contributed by atoms with Crippen molar-refractivity contribution < 1.29 is 14.3 Å². The maximum absolute atomic E-state index is 12.4. The lowest BCUT2D eigenvalue weighted by Crippen LogP contribution is -2.47. The molecule has 0 radical (unpaired) electrons. The van der Waals surface area contributed by atoms with E-state index in [-0.39, 0.29) is 12.7 Å². The lowest BCUT2D eigenvalue weighted by Gasteiger charge is -2.36. The smallest absolute Gasteiger partial charge is 0.286 e. The van der Waals surface area contributed by atoms with Gasteiger partial charge in [0.15, 0.2) is 16.7 Å². The third-order valence-corrected chi connectivity index (χ3v) is 6.02. The Morgan fingerprint density at radius 3 is 2.50 bits per heavy atom. The van der Waals surface area contributed by atoms with Crippen molar-refractivity contribution in [1.82, 2.24) is 4.90 Å². The fourth-order valence-corrected chi connectivity index (χ4v) is 4.45. The number of benzene rings is 2. The van der Waals surface area contributed by atoms with E-state index in [0.29, 0.717) is 10.7 Å². The minimum absolute atomic E-state index is 0.178. The lowest BCUT2D eigenvalue weighted by atomic mass is 10.2. The number of para-hydroxylation sites is 1. The molecule has 7 heteroatoms. The molecular formula is C21H19N3O3S. The van der Waals surface area contributed by atoms with Gasteiger partial charge in [-0.2, -0.15) is 4.99 Å². The standard InChI is InChI=1S/C21H19N3O3S/c25-20-19(13-15-6-7-17-18(12-15)27-14-26-17)28-21(22-20)24-10-8-23(9-11-24)16-4-2-1-3-5-16/h1-7,12-13H,8-11,14H2/b19-13-. The predicted molar refractivity (Wildman–Crippen MR) is 111 cm³/mol. The second-order valence-electron chi connectivity index (χ2n) is 6.73. The van der Waals surface area contributed by atoms with Crippen LogP contribution in [-0.2, 0) is 4.79 Å². The summed E-state index contributed by atoms with van der Waals surface area (Å²) < 4.78 is 10.7. The third kappa shape index (κ3) is 3.33. The average Bonchev–Trinajstić information content (AvgIpc) is 3.35. The van der Waals surface area contributed by atoms with E-state index in [9.17, 15) is 4.79 Å². The number of thioether (sulfide) groups is 1. The number of piperazine rings is 1. The van der Waals surface area contributed by atoms with Crippen LogP contribution in [0.15, 0.2) is 58.4 Å². The van der Waals surface area contributed by atoms with Crippen LogP contribution in [0, 0.1) is 0 Å². The number of anilines is 1. The summed E-state index contributed by atoms with van der Waals surface area (Å²) in [5, 5.41) is 0.796. The number of hydrogen-bond acceptors (Lipinski definition) is 6. The Bertz CT molecular complexity index is 966. The van der Waals surface area contributed by atoms with Crippen molar-refractivity contribution in [2.24, 2.45) is 4.99 Å². The van der Waals surface area contributed by atoms with Crippen molar-refractivity contribution in [3.63, 3.8) is 0 Å². The van der Waals surface area contributed by atoms with Crippen LogP contribution in [0.4, 0.5) is 5.69 Å². The van der Waals surface area contributed by atoms with E-state index in [4.69, 9.17) is 9.47 Å². The zero-order valence-electron chi connectivity index (χ0n) is 15.2. The van der Waals surface area contributed by atoms with Gasteiger partial charge in [-0.25, -0.2) is 0 Å². The molecule has 6 nitrogen and oxygen atoms in total. The quantitative estimate of drug-likeness (QED) is 0.731. The summed E-state index contributed by atoms with van der Waals surface area (Å²) in [7, 11) is 0. The zero-order chi connectivity index (χ0) is 18.9. The topological polar surface area (TPSA) is 54.4 Å². The van der Waals surface area contributed by atoms with Gasteiger partial charge in [0.25, 0.3) is 5.91 Å². The van der Waals surface area contributed by atoms with Gasteiger partial charge >= 0.3 is 0 Å². The Hall–Kier alpha value is -2.93. The molecule has 1 amide bonds. The number of ether oxygens (including phenoxy) is 2. The van der Waals surface area contributed by atoms with Crippen molar-refractivity contribution in [3.8, 4) is 11.5 Å². The van der Waals surface area contributed by atoms with E-state index in [0.717, 1.165) is 42.7 Å². The zero-order valence-corrected chi connectivity index (χ0v) is 16.0. The van der Waals surface area contributed by atoms with Crippen molar-refractivity contribution >= 4 is 34.6 Å². The molecule has 3 aliphatic heterocycles. The summed E-state index contributed by atoms with van der Waals surface area (Å²) in [6.45, 7) is 3.78. The molecular weight excluding hydrogens is 374 g/mol. The van der Waals surface area contributed by atoms with Crippen LogP contribution in [0.2, 0.25) is 0 Å². The molecule has 0 unspecified atom stereocenters. The van der Waals surface area contributed by atoms with E-state index in [2.05, 4.69) is 39.1 Å². The molecule has 2 aromatic rings. The van der Waals surface area contributed by atoms with Crippen LogP contribution in [0.5, 0.6) is 11.5 Å². The van der Waals surface area contributed by atoms with Crippen LogP contribution in [0.25, 0.3) is 6.08 Å². The fraction of sp³-hybridized carbons (Fsp3) is 0.238. The molecule has 2 aromatic carbocycles. The number of hydrogen-bond donors (Lipinski definition) is 0. The van der Waals surface area contributed by atoms with E-state index < -0.39 is 0 Å². The average molecular weight is 393 g/mol. The molecule has 0 N–H and O–H groups in total. The Balaban J connectivity index is 1.25. The molecule has 1 saturated heterocycles. The first-order valence-electron chi connectivity index (χ1n) is 9.23. The minimum atomic E-state index is -0.178. The molecule has 3 heterocycles. The highest BCUT2D eigenvalue weighted by atomic mass is 32.2. The van der Waals surface area contributed by atoms with Gasteiger partial charge in [-0.15, -0.1) is 0 Å². The van der Waals surface area contributed by atoms with E-state index in [1.807, 2.05) is 30.3 Å². The molecule has 0 atom stereocenters. The summed E-state index contributed by atoms with van der Waals surface area (Å²) in [6.07, 6.45) is 1.87. The van der Waals surface area contributed by atoms with Crippen LogP contribution < -0.4 is 14.4 Å². The van der Waals surface area contributed by atoms with E-state index in [1.54, 1.807) is 0 Å². The first kappa shape index (κ1) is 17.2. The van der Waals surface area contributed by atoms with Gasteiger partial charge in [-0.05, 0) is 47.7 Å². The number of nitrogens with zero attached hydrogens (tertiary/aromatic N) is 3. The molecule has 142 valence electrons. The van der Waals surface area contributed by atoms with Gasteiger partial charge < -0.3 is 19.3 Å². The number of aliphatic imine (C=N–C) groups is 1. The highest BCUT2D eigenvalue weighted by molar-refractivity contribution is 8.18. The highest BCUT2D eigenvalue weighted by Gasteiger charge is 2.28. The van der Waals surface area contributed by atoms with E-state index in [1.165, 1.54) is 17.4 Å². The first-order valence-corrected chi connectivity index (χ1v) is 10.0. The van der Waals surface area contributed by atoms with E-state index >= 15 is 0 Å². The Morgan fingerprint density at radius 2 is 1.68 bits per heavy atom. The first-order chi connectivity index (χ1) is 13.8. The number of fused-ring (bicyclic) bond motifs is 1. The number of amides is 1. The Kier molecular flexibility index (Phi) is 4.44. The van der Waals surface area contributed by atoms with Crippen LogP contribution in [-0.4, -0.2) is 48.9 Å². The van der Waals surface area contributed by atoms with Crippen molar-refractivity contribution in [1.29, 1.82) is 0 Å². The number of carbonyl (C=O) groups is 1. The minimum Gasteiger partial charge on any atom is -0.454 e. The van der Waals surface area contributed by atoms with Gasteiger partial charge in [0, 0.05) is 31.9 Å². The summed E-state index contributed by atoms with van der Waals surface area (Å²) in [6, 6.07) is 16.1. The second kappa shape index (κ2) is 7.24. The molecule has 3 aliphatic rings. The van der Waals surface area contributed by atoms with Gasteiger partial charge in [0.1, 0.15) is 0 Å². The van der Waals surface area contributed by atoms with Gasteiger partial charge in [-0.3, -0.25) is 4.79 Å². The van der Waals surface area contributed by atoms with Crippen molar-refractivity contribution in [3.05, 3.63) is 59.0 Å². The predicted octanol–water partition coefficient (Wildman–Crippen LogP) is 3.21. The molecule has 0 bridgehead atoms. The number of rotatable bonds is 2. The van der Waals surface area contributed by atoms with Crippen molar-refractivity contribution in [2.45, 2.75) is 0 Å². The molecule has 28 heavy (non-hydrogen) atoms. The molecule has 5 rings (SSSR count). The molecule has 0 spiro atoms.